The maximum atomic E-state index is 12.8. The van der Waals surface area contributed by atoms with Gasteiger partial charge in [-0.05, 0) is 72.8 Å². The van der Waals surface area contributed by atoms with Crippen LogP contribution in [0.5, 0.6) is 0 Å². The van der Waals surface area contributed by atoms with Crippen LogP contribution in [0.25, 0.3) is 0 Å². The van der Waals surface area contributed by atoms with Gasteiger partial charge in [0.1, 0.15) is 30.1 Å². The Morgan fingerprint density at radius 2 is 1.05 bits per heavy atom. The molecule has 2 unspecified atom stereocenters. The number of aliphatic hydroxyl groups excluding tert-OH is 1. The zero-order valence-corrected chi connectivity index (χ0v) is 38.6. The predicted octanol–water partition coefficient (Wildman–Crippen LogP) is 7.50. The summed E-state index contributed by atoms with van der Waals surface area (Å²) in [5.41, 5.74) is -0.290. The first-order valence-corrected chi connectivity index (χ1v) is 22.8. The topological polar surface area (TPSA) is 177 Å². The number of hydrogen-bond donors (Lipinski definition) is 3. The Hall–Kier alpha value is -3.14. The molecule has 14 heteroatoms. The predicted molar refractivity (Wildman–Crippen MR) is 236 cm³/mol. The van der Waals surface area contributed by atoms with Crippen molar-refractivity contribution in [2.45, 2.75) is 181 Å². The van der Waals surface area contributed by atoms with E-state index in [2.05, 4.69) is 10.6 Å². The first-order chi connectivity index (χ1) is 29.1. The van der Waals surface area contributed by atoms with Crippen LogP contribution in [0.2, 0.25) is 0 Å². The van der Waals surface area contributed by atoms with Gasteiger partial charge < -0.3 is 43.6 Å². The lowest BCUT2D eigenvalue weighted by molar-refractivity contribution is -0.159. The van der Waals surface area contributed by atoms with Crippen molar-refractivity contribution in [2.75, 3.05) is 59.4 Å². The average Bonchev–Trinajstić information content (AvgIpc) is 3.19. The number of esters is 3. The molecule has 0 aliphatic heterocycles. The van der Waals surface area contributed by atoms with Crippen molar-refractivity contribution in [3.05, 3.63) is 35.9 Å². The highest BCUT2D eigenvalue weighted by atomic mass is 16.6. The third-order valence-corrected chi connectivity index (χ3v) is 9.15. The van der Waals surface area contributed by atoms with Crippen molar-refractivity contribution in [1.82, 2.24) is 10.6 Å². The second-order valence-electron chi connectivity index (χ2n) is 17.4. The zero-order valence-electron chi connectivity index (χ0n) is 38.6. The second-order valence-corrected chi connectivity index (χ2v) is 17.4. The number of benzene rings is 1. The molecule has 0 saturated carbocycles. The number of carbonyl (C=O) groups is 4. The van der Waals surface area contributed by atoms with Gasteiger partial charge in [-0.2, -0.15) is 0 Å². The van der Waals surface area contributed by atoms with Gasteiger partial charge in [-0.25, -0.2) is 4.79 Å². The summed E-state index contributed by atoms with van der Waals surface area (Å²) in [7, 11) is 0. The minimum absolute atomic E-state index is 0.0285. The number of rotatable bonds is 38. The molecule has 0 aliphatic rings. The summed E-state index contributed by atoms with van der Waals surface area (Å²) in [6.07, 6.45) is 14.9. The Balaban J connectivity index is 1.92. The Bertz CT molecular complexity index is 1270. The lowest BCUT2D eigenvalue weighted by atomic mass is 10.0. The minimum Gasteiger partial charge on any atom is -0.461 e. The molecule has 0 radical (unpaired) electrons. The lowest BCUT2D eigenvalue weighted by Gasteiger charge is -2.24. The molecule has 1 aromatic rings. The first kappa shape index (κ1) is 55.9. The highest BCUT2D eigenvalue weighted by molar-refractivity contribution is 5.85. The number of amides is 1. The van der Waals surface area contributed by atoms with Gasteiger partial charge in [0.05, 0.1) is 52.9 Å². The summed E-state index contributed by atoms with van der Waals surface area (Å²) in [5, 5.41) is 16.0. The fourth-order valence-corrected chi connectivity index (χ4v) is 6.05. The maximum Gasteiger partial charge on any atom is 0.329 e. The van der Waals surface area contributed by atoms with Gasteiger partial charge in [-0.15, -0.1) is 0 Å². The van der Waals surface area contributed by atoms with Crippen molar-refractivity contribution in [1.29, 1.82) is 0 Å². The van der Waals surface area contributed by atoms with E-state index < -0.39 is 41.3 Å². The Labute approximate surface area is 367 Å². The molecule has 2 atom stereocenters. The number of ether oxygens (including phenoxy) is 7. The molecular weight excluding hydrogens is 785 g/mol. The smallest absolute Gasteiger partial charge is 0.329 e. The van der Waals surface area contributed by atoms with Gasteiger partial charge in [-0.1, -0.05) is 94.5 Å². The molecule has 0 aliphatic carbocycles. The van der Waals surface area contributed by atoms with E-state index >= 15 is 0 Å². The lowest BCUT2D eigenvalue weighted by Crippen LogP contribution is -2.44. The normalized spacial score (nSPS) is 12.8. The molecule has 14 nitrogen and oxygen atoms in total. The zero-order chi connectivity index (χ0) is 45.0. The van der Waals surface area contributed by atoms with Gasteiger partial charge in [0, 0.05) is 25.8 Å². The third-order valence-electron chi connectivity index (χ3n) is 9.15. The SMILES string of the molecule is CC(C)(C)OC(=O)CCCCCCCCCCCCCCC(O)NCCOCCOCCOCCOCCC(=O)NC(CCC(=O)OCc1ccccc1)C(=O)OC(C)(C)C. The van der Waals surface area contributed by atoms with E-state index in [4.69, 9.17) is 33.2 Å². The molecule has 3 N–H and O–H groups in total. The van der Waals surface area contributed by atoms with E-state index in [0.29, 0.717) is 59.2 Å². The van der Waals surface area contributed by atoms with Crippen LogP contribution in [0.15, 0.2) is 30.3 Å². The maximum absolute atomic E-state index is 12.8. The van der Waals surface area contributed by atoms with Crippen LogP contribution in [0.1, 0.15) is 156 Å². The largest absolute Gasteiger partial charge is 0.461 e. The molecule has 0 bridgehead atoms. The summed E-state index contributed by atoms with van der Waals surface area (Å²) in [6, 6.07) is 8.29. The molecule has 61 heavy (non-hydrogen) atoms. The monoisotopic (exact) mass is 867 g/mol. The van der Waals surface area contributed by atoms with Crippen molar-refractivity contribution < 1.29 is 57.4 Å². The van der Waals surface area contributed by atoms with Gasteiger partial charge in [0.2, 0.25) is 5.91 Å². The number of aliphatic hydroxyl groups is 1. The fraction of sp³-hybridized carbons (Fsp3) is 0.787. The summed E-state index contributed by atoms with van der Waals surface area (Å²) in [5.74, 6) is -1.57. The summed E-state index contributed by atoms with van der Waals surface area (Å²) in [6.45, 7) is 14.6. The standard InChI is InChI=1S/C47H82N2O12/c1-46(2,3)60-44(53)25-21-16-14-12-10-8-7-9-11-13-15-20-24-41(50)48-29-31-56-33-35-58-37-36-57-34-32-55-30-28-42(51)49-40(45(54)61-47(4,5)6)26-27-43(52)59-38-39-22-18-17-19-23-39/h17-19,22-23,40-41,48,50H,7-16,20-21,24-38H2,1-6H3,(H,49,51). The van der Waals surface area contributed by atoms with Gasteiger partial charge in [-0.3, -0.25) is 19.7 Å². The van der Waals surface area contributed by atoms with E-state index in [0.717, 1.165) is 37.7 Å². The number of hydrogen-bond acceptors (Lipinski definition) is 13. The molecule has 0 saturated heterocycles. The molecule has 352 valence electrons. The van der Waals surface area contributed by atoms with Crippen LogP contribution in [0.4, 0.5) is 0 Å². The molecule has 0 spiro atoms. The van der Waals surface area contributed by atoms with Crippen LogP contribution in [0, 0.1) is 0 Å². The molecule has 0 aromatic heterocycles. The van der Waals surface area contributed by atoms with Crippen LogP contribution in [-0.2, 0) is 58.9 Å². The van der Waals surface area contributed by atoms with E-state index in [-0.39, 0.29) is 38.4 Å². The highest BCUT2D eigenvalue weighted by Crippen LogP contribution is 2.15. The van der Waals surface area contributed by atoms with Crippen LogP contribution in [-0.4, -0.2) is 112 Å². The van der Waals surface area contributed by atoms with E-state index in [1.165, 1.54) is 51.4 Å². The average molecular weight is 867 g/mol. The van der Waals surface area contributed by atoms with E-state index in [1.807, 2.05) is 51.1 Å². The second kappa shape index (κ2) is 35.3. The Morgan fingerprint density at radius 3 is 1.59 bits per heavy atom. The molecule has 0 heterocycles. The van der Waals surface area contributed by atoms with Crippen molar-refractivity contribution in [3.8, 4) is 0 Å². The molecule has 1 amide bonds. The summed E-state index contributed by atoms with van der Waals surface area (Å²) in [4.78, 5) is 49.4. The summed E-state index contributed by atoms with van der Waals surface area (Å²) >= 11 is 0. The van der Waals surface area contributed by atoms with Crippen molar-refractivity contribution in [3.63, 3.8) is 0 Å². The molecule has 0 fully saturated rings. The minimum atomic E-state index is -0.996. The quantitative estimate of drug-likeness (QED) is 0.0258. The van der Waals surface area contributed by atoms with E-state index in [9.17, 15) is 24.3 Å². The van der Waals surface area contributed by atoms with Crippen LogP contribution >= 0.6 is 0 Å². The van der Waals surface area contributed by atoms with Gasteiger partial charge >= 0.3 is 17.9 Å². The molecular formula is C47H82N2O12. The first-order valence-electron chi connectivity index (χ1n) is 22.8. The number of unbranched alkanes of at least 4 members (excludes halogenated alkanes) is 11. The fourth-order valence-electron chi connectivity index (χ4n) is 6.05. The Morgan fingerprint density at radius 1 is 0.557 bits per heavy atom. The number of carbonyl (C=O) groups excluding carboxylic acids is 4. The van der Waals surface area contributed by atoms with Gasteiger partial charge in [0.15, 0.2) is 0 Å². The molecule has 1 aromatic carbocycles. The Kier molecular flexibility index (Phi) is 32.4. The van der Waals surface area contributed by atoms with Crippen LogP contribution < -0.4 is 10.6 Å². The van der Waals surface area contributed by atoms with E-state index in [1.54, 1.807) is 20.8 Å². The summed E-state index contributed by atoms with van der Waals surface area (Å²) < 4.78 is 38.2. The molecule has 1 rings (SSSR count). The number of nitrogens with one attached hydrogen (secondary N) is 2. The highest BCUT2D eigenvalue weighted by Gasteiger charge is 2.27. The van der Waals surface area contributed by atoms with Gasteiger partial charge in [0.25, 0.3) is 0 Å². The van der Waals surface area contributed by atoms with Crippen molar-refractivity contribution >= 4 is 23.8 Å². The van der Waals surface area contributed by atoms with Crippen molar-refractivity contribution in [2.24, 2.45) is 0 Å². The third kappa shape index (κ3) is 37.2. The van der Waals surface area contributed by atoms with Crippen LogP contribution in [0.3, 0.4) is 0 Å².